The van der Waals surface area contributed by atoms with Crippen molar-refractivity contribution in [2.45, 2.75) is 49.2 Å². The minimum Gasteiger partial charge on any atom is -0.489 e. The average molecular weight is 643 g/mol. The second kappa shape index (κ2) is 13.9. The number of ether oxygens (including phenoxy) is 2. The van der Waals surface area contributed by atoms with Crippen LogP contribution < -0.4 is 15.0 Å². The van der Waals surface area contributed by atoms with Gasteiger partial charge in [-0.2, -0.15) is 22.0 Å². The first kappa shape index (κ1) is 33.1. The fourth-order valence-electron chi connectivity index (χ4n) is 4.89. The van der Waals surface area contributed by atoms with Crippen LogP contribution in [0.3, 0.4) is 0 Å². The molecule has 1 saturated heterocycles. The second-order valence-electron chi connectivity index (χ2n) is 10.1. The van der Waals surface area contributed by atoms with Crippen LogP contribution in [0.1, 0.15) is 40.9 Å². The molecule has 1 heterocycles. The molecule has 1 aliphatic heterocycles. The van der Waals surface area contributed by atoms with Gasteiger partial charge in [-0.15, -0.1) is 0 Å². The molecule has 3 aromatic rings. The molecule has 1 fully saturated rings. The SMILES string of the molecule is CCS(=O)(=O)c1ccc([C@H](CO)NC(=O)c2ccc(N3C[C@H](Oc4ccc(C(F)(F)F)cc4)C[C@H]3COC(F)F)cc2)cc1. The van der Waals surface area contributed by atoms with Crippen LogP contribution in [0.5, 0.6) is 5.75 Å². The number of hydrogen-bond donors (Lipinski definition) is 2. The van der Waals surface area contributed by atoms with E-state index in [-0.39, 0.29) is 41.5 Å². The third-order valence-corrected chi connectivity index (χ3v) is 9.00. The van der Waals surface area contributed by atoms with Crippen LogP contribution in [0.4, 0.5) is 27.6 Å². The number of aliphatic hydroxyl groups is 1. The Bertz CT molecular complexity index is 1500. The lowest BCUT2D eigenvalue weighted by molar-refractivity contribution is -0.137. The number of alkyl halides is 5. The van der Waals surface area contributed by atoms with Gasteiger partial charge in [0.25, 0.3) is 5.91 Å². The van der Waals surface area contributed by atoms with E-state index in [1.54, 1.807) is 17.0 Å². The summed E-state index contributed by atoms with van der Waals surface area (Å²) in [4.78, 5) is 14.8. The van der Waals surface area contributed by atoms with Crippen LogP contribution in [-0.2, 0) is 20.8 Å². The molecule has 2 N–H and O–H groups in total. The summed E-state index contributed by atoms with van der Waals surface area (Å²) in [6, 6.07) is 15.0. The van der Waals surface area contributed by atoms with E-state index < -0.39 is 58.9 Å². The van der Waals surface area contributed by atoms with Gasteiger partial charge in [-0.25, -0.2) is 8.42 Å². The van der Waals surface area contributed by atoms with Crippen molar-refractivity contribution in [2.24, 2.45) is 0 Å². The summed E-state index contributed by atoms with van der Waals surface area (Å²) in [6.45, 7) is -2.01. The molecule has 0 saturated carbocycles. The summed E-state index contributed by atoms with van der Waals surface area (Å²) >= 11 is 0. The number of benzene rings is 3. The standard InChI is InChI=1S/C30H31F5N2O6S/c1-2-44(40,41)26-13-5-19(6-14-26)27(17-38)36-28(39)20-3-9-22(10-4-20)37-16-25(15-23(37)18-42-29(31)32)43-24-11-7-21(8-12-24)30(33,34)35/h3-14,23,25,27,29,38H,2,15-18H2,1H3,(H,36,39)/t23-,25+,27-/m0/s1. The van der Waals surface area contributed by atoms with E-state index in [0.717, 1.165) is 12.1 Å². The van der Waals surface area contributed by atoms with Crippen LogP contribution in [0.15, 0.2) is 77.7 Å². The summed E-state index contributed by atoms with van der Waals surface area (Å²) in [5.74, 6) is -0.374. The largest absolute Gasteiger partial charge is 0.489 e. The van der Waals surface area contributed by atoms with Gasteiger partial charge in [0.1, 0.15) is 11.9 Å². The van der Waals surface area contributed by atoms with Gasteiger partial charge in [0.15, 0.2) is 9.84 Å². The van der Waals surface area contributed by atoms with Gasteiger partial charge < -0.3 is 24.8 Å². The highest BCUT2D eigenvalue weighted by molar-refractivity contribution is 7.91. The normalized spacial score (nSPS) is 18.0. The number of halogens is 5. The topological polar surface area (TPSA) is 105 Å². The summed E-state index contributed by atoms with van der Waals surface area (Å²) in [7, 11) is -3.41. The first-order valence-corrected chi connectivity index (χ1v) is 15.3. The number of sulfone groups is 1. The maximum atomic E-state index is 12.9. The quantitative estimate of drug-likeness (QED) is 0.261. The summed E-state index contributed by atoms with van der Waals surface area (Å²) in [6.07, 6.45) is -4.77. The van der Waals surface area contributed by atoms with Crippen LogP contribution in [0.25, 0.3) is 0 Å². The number of carbonyl (C=O) groups is 1. The molecule has 1 amide bonds. The number of nitrogens with one attached hydrogen (secondary N) is 1. The number of carbonyl (C=O) groups excluding carboxylic acids is 1. The van der Waals surface area contributed by atoms with Gasteiger partial charge in [-0.3, -0.25) is 4.79 Å². The Morgan fingerprint density at radius 2 is 1.66 bits per heavy atom. The molecule has 0 bridgehead atoms. The molecule has 0 spiro atoms. The Balaban J connectivity index is 1.44. The summed E-state index contributed by atoms with van der Waals surface area (Å²) in [5.41, 5.74) is 0.505. The molecular formula is C30H31F5N2O6S. The van der Waals surface area contributed by atoms with Gasteiger partial charge >= 0.3 is 12.8 Å². The Kier molecular flexibility index (Phi) is 10.5. The first-order valence-electron chi connectivity index (χ1n) is 13.7. The fraction of sp³-hybridized carbons (Fsp3) is 0.367. The van der Waals surface area contributed by atoms with Crippen molar-refractivity contribution in [1.82, 2.24) is 5.32 Å². The number of aliphatic hydroxyl groups excluding tert-OH is 1. The van der Waals surface area contributed by atoms with E-state index in [4.69, 9.17) is 4.74 Å². The zero-order valence-electron chi connectivity index (χ0n) is 23.5. The average Bonchev–Trinajstić information content (AvgIpc) is 3.41. The maximum Gasteiger partial charge on any atom is 0.416 e. The lowest BCUT2D eigenvalue weighted by atomic mass is 10.1. The molecule has 238 valence electrons. The molecule has 0 aromatic heterocycles. The number of anilines is 1. The number of hydrogen-bond acceptors (Lipinski definition) is 7. The van der Waals surface area contributed by atoms with Crippen LogP contribution in [0.2, 0.25) is 0 Å². The van der Waals surface area contributed by atoms with E-state index >= 15 is 0 Å². The lowest BCUT2D eigenvalue weighted by Crippen LogP contribution is -2.34. The van der Waals surface area contributed by atoms with E-state index in [1.165, 1.54) is 55.5 Å². The van der Waals surface area contributed by atoms with E-state index in [2.05, 4.69) is 10.1 Å². The third kappa shape index (κ3) is 8.24. The minimum absolute atomic E-state index is 0.0627. The number of rotatable bonds is 12. The molecule has 1 aliphatic rings. The summed E-state index contributed by atoms with van der Waals surface area (Å²) < 4.78 is 98.8. The van der Waals surface area contributed by atoms with Gasteiger partial charge in [-0.1, -0.05) is 19.1 Å². The van der Waals surface area contributed by atoms with E-state index in [9.17, 15) is 40.3 Å². The lowest BCUT2D eigenvalue weighted by Gasteiger charge is -2.26. The highest BCUT2D eigenvalue weighted by atomic mass is 32.2. The Labute approximate surface area is 251 Å². The molecular weight excluding hydrogens is 611 g/mol. The van der Waals surface area contributed by atoms with Crippen molar-refractivity contribution in [1.29, 1.82) is 0 Å². The molecule has 0 unspecified atom stereocenters. The van der Waals surface area contributed by atoms with Crippen molar-refractivity contribution in [3.63, 3.8) is 0 Å². The van der Waals surface area contributed by atoms with Crippen molar-refractivity contribution < 1.29 is 49.7 Å². The molecule has 4 rings (SSSR count). The van der Waals surface area contributed by atoms with Gasteiger partial charge in [0.2, 0.25) is 0 Å². The molecule has 8 nitrogen and oxygen atoms in total. The monoisotopic (exact) mass is 642 g/mol. The molecule has 3 atom stereocenters. The number of amides is 1. The van der Waals surface area contributed by atoms with Gasteiger partial charge in [0.05, 0.1) is 48.1 Å². The zero-order chi connectivity index (χ0) is 32.1. The number of nitrogens with zero attached hydrogens (tertiary/aromatic N) is 1. The van der Waals surface area contributed by atoms with Crippen molar-refractivity contribution >= 4 is 21.4 Å². The predicted molar refractivity (Wildman–Crippen MR) is 151 cm³/mol. The second-order valence-corrected chi connectivity index (χ2v) is 12.4. The third-order valence-electron chi connectivity index (χ3n) is 7.25. The first-order chi connectivity index (χ1) is 20.8. The zero-order valence-corrected chi connectivity index (χ0v) is 24.3. The molecule has 14 heteroatoms. The van der Waals surface area contributed by atoms with Gasteiger partial charge in [-0.05, 0) is 66.2 Å². The smallest absolute Gasteiger partial charge is 0.416 e. The molecule has 0 radical (unpaired) electrons. The highest BCUT2D eigenvalue weighted by Gasteiger charge is 2.35. The predicted octanol–water partition coefficient (Wildman–Crippen LogP) is 5.23. The van der Waals surface area contributed by atoms with Crippen molar-refractivity contribution in [3.8, 4) is 5.75 Å². The van der Waals surface area contributed by atoms with Crippen molar-refractivity contribution in [2.75, 3.05) is 30.4 Å². The Morgan fingerprint density at radius 3 is 2.20 bits per heavy atom. The molecule has 3 aromatic carbocycles. The van der Waals surface area contributed by atoms with Crippen molar-refractivity contribution in [3.05, 3.63) is 89.5 Å². The van der Waals surface area contributed by atoms with E-state index in [1.807, 2.05) is 0 Å². The fourth-order valence-corrected chi connectivity index (χ4v) is 5.77. The maximum absolute atomic E-state index is 12.9. The minimum atomic E-state index is -4.49. The Hall–Kier alpha value is -3.75. The molecule has 0 aliphatic carbocycles. The van der Waals surface area contributed by atoms with Crippen LogP contribution >= 0.6 is 0 Å². The van der Waals surface area contributed by atoms with Crippen LogP contribution in [-0.4, -0.2) is 63.7 Å². The highest BCUT2D eigenvalue weighted by Crippen LogP contribution is 2.33. The molecule has 44 heavy (non-hydrogen) atoms. The summed E-state index contributed by atoms with van der Waals surface area (Å²) in [5, 5.41) is 12.6. The Morgan fingerprint density at radius 1 is 1.02 bits per heavy atom. The van der Waals surface area contributed by atoms with E-state index in [0.29, 0.717) is 11.3 Å². The van der Waals surface area contributed by atoms with Gasteiger partial charge in [0, 0.05) is 17.7 Å². The van der Waals surface area contributed by atoms with Crippen LogP contribution in [0, 0.1) is 0 Å².